The minimum absolute atomic E-state index is 0.0721. The maximum atomic E-state index is 14.5. The second kappa shape index (κ2) is 10.0. The third-order valence-corrected chi connectivity index (χ3v) is 6.33. The number of rotatable bonds is 6. The summed E-state index contributed by atoms with van der Waals surface area (Å²) >= 11 is 6.05. The number of carbonyl (C=O) groups excluding carboxylic acids is 1. The van der Waals surface area contributed by atoms with Crippen LogP contribution in [0.4, 0.5) is 18.0 Å². The molecule has 0 aliphatic heterocycles. The zero-order valence-electron chi connectivity index (χ0n) is 19.5. The molecule has 0 aliphatic rings. The Morgan fingerprint density at radius 2 is 1.74 bits per heavy atom. The maximum Gasteiger partial charge on any atom is 0.415 e. The molecule has 1 aromatic heterocycles. The van der Waals surface area contributed by atoms with Gasteiger partial charge < -0.3 is 14.2 Å². The highest BCUT2D eigenvalue weighted by atomic mass is 35.5. The number of nitrogens with zero attached hydrogens (tertiary/aromatic N) is 2. The molecule has 0 fully saturated rings. The summed E-state index contributed by atoms with van der Waals surface area (Å²) in [6.07, 6.45) is 1.23. The Bertz CT molecular complexity index is 1410. The van der Waals surface area contributed by atoms with Gasteiger partial charge in [-0.05, 0) is 62.2 Å². The number of aryl methyl sites for hydroxylation is 1. The minimum Gasteiger partial charge on any atom is -0.410 e. The summed E-state index contributed by atoms with van der Waals surface area (Å²) in [4.78, 5) is 14.2. The maximum absolute atomic E-state index is 14.5. The van der Waals surface area contributed by atoms with Gasteiger partial charge >= 0.3 is 6.09 Å². The largest absolute Gasteiger partial charge is 0.415 e. The fourth-order valence-electron chi connectivity index (χ4n) is 4.06. The molecule has 4 nitrogen and oxygen atoms in total. The standard InChI is InChI=1S/C27H24ClF3N2O2/c1-4-32(5-2)27(34)35-23-11-10-22-19(24(23)17-8-9-21(29)20(28)14-17)12-13-33(22)15-18-7-6-16(3)25(30)26(18)31/h6-14H,4-5,15H2,1-3H3. The molecule has 35 heavy (non-hydrogen) atoms. The Morgan fingerprint density at radius 1 is 1.00 bits per heavy atom. The monoisotopic (exact) mass is 500 g/mol. The lowest BCUT2D eigenvalue weighted by molar-refractivity contribution is 0.157. The number of hydrogen-bond donors (Lipinski definition) is 0. The van der Waals surface area contributed by atoms with E-state index in [4.69, 9.17) is 16.3 Å². The highest BCUT2D eigenvalue weighted by Gasteiger charge is 2.20. The number of fused-ring (bicyclic) bond motifs is 1. The van der Waals surface area contributed by atoms with E-state index in [0.29, 0.717) is 35.1 Å². The normalized spacial score (nSPS) is 11.2. The molecule has 0 spiro atoms. The lowest BCUT2D eigenvalue weighted by atomic mass is 10.0. The van der Waals surface area contributed by atoms with Gasteiger partial charge in [0.05, 0.1) is 11.6 Å². The smallest absolute Gasteiger partial charge is 0.410 e. The van der Waals surface area contributed by atoms with Crippen molar-refractivity contribution in [2.24, 2.45) is 0 Å². The lowest BCUT2D eigenvalue weighted by Gasteiger charge is -2.20. The molecule has 3 aromatic carbocycles. The number of carbonyl (C=O) groups is 1. The summed E-state index contributed by atoms with van der Waals surface area (Å²) < 4.78 is 50.0. The molecule has 0 saturated heterocycles. The van der Waals surface area contributed by atoms with Crippen molar-refractivity contribution >= 4 is 28.6 Å². The lowest BCUT2D eigenvalue weighted by Crippen LogP contribution is -2.33. The van der Waals surface area contributed by atoms with E-state index in [9.17, 15) is 18.0 Å². The Kier molecular flexibility index (Phi) is 7.08. The van der Waals surface area contributed by atoms with E-state index in [0.717, 1.165) is 0 Å². The summed E-state index contributed by atoms with van der Waals surface area (Å²) in [7, 11) is 0. The van der Waals surface area contributed by atoms with Crippen LogP contribution < -0.4 is 4.74 Å². The zero-order valence-corrected chi connectivity index (χ0v) is 20.3. The average molecular weight is 501 g/mol. The molecule has 8 heteroatoms. The first-order valence-corrected chi connectivity index (χ1v) is 11.6. The summed E-state index contributed by atoms with van der Waals surface area (Å²) in [6.45, 7) is 6.25. The van der Waals surface area contributed by atoms with Gasteiger partial charge in [0.1, 0.15) is 11.6 Å². The number of benzene rings is 3. The fraction of sp³-hybridized carbons (Fsp3) is 0.222. The fourth-order valence-corrected chi connectivity index (χ4v) is 4.24. The first-order chi connectivity index (χ1) is 16.7. The van der Waals surface area contributed by atoms with E-state index < -0.39 is 23.5 Å². The number of ether oxygens (including phenoxy) is 1. The quantitative estimate of drug-likeness (QED) is 0.273. The SMILES string of the molecule is CCN(CC)C(=O)Oc1ccc2c(ccn2Cc2ccc(C)c(F)c2F)c1-c1ccc(F)c(Cl)c1. The van der Waals surface area contributed by atoms with Gasteiger partial charge in [-0.3, -0.25) is 0 Å². The molecular formula is C27H24ClF3N2O2. The van der Waals surface area contributed by atoms with Crippen molar-refractivity contribution in [2.75, 3.05) is 13.1 Å². The molecule has 0 atom stereocenters. The molecule has 0 saturated carbocycles. The van der Waals surface area contributed by atoms with Crippen LogP contribution in [0.25, 0.3) is 22.0 Å². The van der Waals surface area contributed by atoms with Gasteiger partial charge in [0, 0.05) is 41.3 Å². The van der Waals surface area contributed by atoms with Gasteiger partial charge in [-0.25, -0.2) is 18.0 Å². The van der Waals surface area contributed by atoms with E-state index in [1.54, 1.807) is 41.1 Å². The first-order valence-electron chi connectivity index (χ1n) is 11.2. The van der Waals surface area contributed by atoms with Crippen LogP contribution in [-0.2, 0) is 6.54 Å². The van der Waals surface area contributed by atoms with Crippen molar-refractivity contribution < 1.29 is 22.7 Å². The van der Waals surface area contributed by atoms with E-state index in [-0.39, 0.29) is 28.4 Å². The molecule has 0 radical (unpaired) electrons. The van der Waals surface area contributed by atoms with Crippen LogP contribution in [0.3, 0.4) is 0 Å². The van der Waals surface area contributed by atoms with Crippen LogP contribution in [0.1, 0.15) is 25.0 Å². The number of hydrogen-bond acceptors (Lipinski definition) is 2. The molecule has 182 valence electrons. The highest BCUT2D eigenvalue weighted by Crippen LogP contribution is 2.39. The Morgan fingerprint density at radius 3 is 2.43 bits per heavy atom. The van der Waals surface area contributed by atoms with Crippen LogP contribution in [-0.4, -0.2) is 28.6 Å². The summed E-state index contributed by atoms with van der Waals surface area (Å²) in [5.74, 6) is -2.05. The third-order valence-electron chi connectivity index (χ3n) is 6.04. The molecule has 4 aromatic rings. The van der Waals surface area contributed by atoms with Crippen molar-refractivity contribution in [3.63, 3.8) is 0 Å². The van der Waals surface area contributed by atoms with E-state index in [1.807, 2.05) is 13.8 Å². The third kappa shape index (κ3) is 4.73. The van der Waals surface area contributed by atoms with Crippen molar-refractivity contribution in [3.05, 3.63) is 88.3 Å². The van der Waals surface area contributed by atoms with Gasteiger partial charge in [-0.2, -0.15) is 0 Å². The molecule has 0 unspecified atom stereocenters. The number of halogens is 4. The predicted molar refractivity (Wildman–Crippen MR) is 131 cm³/mol. The van der Waals surface area contributed by atoms with Crippen LogP contribution in [0.2, 0.25) is 5.02 Å². The minimum atomic E-state index is -0.887. The van der Waals surface area contributed by atoms with E-state index in [2.05, 4.69) is 0 Å². The molecule has 0 aliphatic carbocycles. The second-order valence-corrected chi connectivity index (χ2v) is 8.56. The van der Waals surface area contributed by atoms with Crippen LogP contribution in [0.5, 0.6) is 5.75 Å². The molecule has 0 bridgehead atoms. The highest BCUT2D eigenvalue weighted by molar-refractivity contribution is 6.31. The molecule has 1 amide bonds. The van der Waals surface area contributed by atoms with Crippen molar-refractivity contribution in [1.82, 2.24) is 9.47 Å². The van der Waals surface area contributed by atoms with Crippen LogP contribution in [0, 0.1) is 24.4 Å². The number of amides is 1. The van der Waals surface area contributed by atoms with Gasteiger partial charge in [0.25, 0.3) is 0 Å². The van der Waals surface area contributed by atoms with Crippen molar-refractivity contribution in [3.8, 4) is 16.9 Å². The van der Waals surface area contributed by atoms with Gasteiger partial charge in [-0.1, -0.05) is 29.8 Å². The van der Waals surface area contributed by atoms with Gasteiger partial charge in [0.2, 0.25) is 0 Å². The molecule has 4 rings (SSSR count). The predicted octanol–water partition coefficient (Wildman–Crippen LogP) is 7.58. The Labute approximate surface area is 206 Å². The topological polar surface area (TPSA) is 34.5 Å². The molecule has 0 N–H and O–H groups in total. The Balaban J connectivity index is 1.84. The summed E-state index contributed by atoms with van der Waals surface area (Å²) in [5, 5.41) is 0.614. The first kappa shape index (κ1) is 24.7. The molecule has 1 heterocycles. The Hall–Kier alpha value is -3.45. The van der Waals surface area contributed by atoms with Gasteiger partial charge in [-0.15, -0.1) is 0 Å². The van der Waals surface area contributed by atoms with Crippen LogP contribution >= 0.6 is 11.6 Å². The second-order valence-electron chi connectivity index (χ2n) is 8.15. The van der Waals surface area contributed by atoms with Crippen molar-refractivity contribution in [1.29, 1.82) is 0 Å². The van der Waals surface area contributed by atoms with Gasteiger partial charge in [0.15, 0.2) is 11.6 Å². The number of aromatic nitrogens is 1. The summed E-state index contributed by atoms with van der Waals surface area (Å²) in [6, 6.07) is 12.5. The van der Waals surface area contributed by atoms with Crippen LogP contribution in [0.15, 0.2) is 54.7 Å². The summed E-state index contributed by atoms with van der Waals surface area (Å²) in [5.41, 5.74) is 2.23. The van der Waals surface area contributed by atoms with Crippen molar-refractivity contribution in [2.45, 2.75) is 27.3 Å². The zero-order chi connectivity index (χ0) is 25.3. The molecular weight excluding hydrogens is 477 g/mol. The van der Waals surface area contributed by atoms with E-state index >= 15 is 0 Å². The van der Waals surface area contributed by atoms with E-state index in [1.165, 1.54) is 30.0 Å². The average Bonchev–Trinajstić information content (AvgIpc) is 3.24.